The van der Waals surface area contributed by atoms with Gasteiger partial charge in [0.05, 0.1) is 18.7 Å². The van der Waals surface area contributed by atoms with E-state index in [1.54, 1.807) is 0 Å². The molecule has 0 aliphatic carbocycles. The molecule has 0 spiro atoms. The van der Waals surface area contributed by atoms with Crippen molar-refractivity contribution in [1.82, 2.24) is 0 Å². The fourth-order valence-electron chi connectivity index (χ4n) is 2.64. The first kappa shape index (κ1) is 15.2. The molecule has 3 amide bonds. The summed E-state index contributed by atoms with van der Waals surface area (Å²) >= 11 is 0. The topological polar surface area (TPSA) is 92.9 Å². The molecule has 0 aromatic heterocycles. The Balaban J connectivity index is 2.00. The van der Waals surface area contributed by atoms with Gasteiger partial charge in [0.1, 0.15) is 0 Å². The largest absolute Gasteiger partial charge is 0.434 e. The minimum atomic E-state index is -3.33. The van der Waals surface area contributed by atoms with Crippen molar-refractivity contribution in [2.45, 2.75) is 18.4 Å². The maximum atomic E-state index is 14.1. The van der Waals surface area contributed by atoms with Crippen LogP contribution in [0.4, 0.5) is 25.0 Å². The molecule has 3 rings (SSSR count). The predicted molar refractivity (Wildman–Crippen MR) is 75.2 cm³/mol. The molecule has 0 unspecified atom stereocenters. The summed E-state index contributed by atoms with van der Waals surface area (Å²) in [5.74, 6) is -4.83. The second-order valence-electron chi connectivity index (χ2n) is 5.42. The van der Waals surface area contributed by atoms with Crippen molar-refractivity contribution >= 4 is 29.3 Å². The molecule has 122 valence electrons. The molecule has 0 saturated carbocycles. The van der Waals surface area contributed by atoms with Gasteiger partial charge in [0.2, 0.25) is 5.91 Å². The van der Waals surface area contributed by atoms with Gasteiger partial charge in [-0.25, -0.2) is 13.6 Å². The number of hydrogen-bond donors (Lipinski definition) is 1. The molecule has 2 aliphatic rings. The first-order chi connectivity index (χ1) is 10.7. The Kier molecular flexibility index (Phi) is 3.24. The molecule has 1 fully saturated rings. The fourth-order valence-corrected chi connectivity index (χ4v) is 2.64. The number of carbonyl (C=O) groups excluding carboxylic acids is 3. The number of primary amides is 1. The molecule has 1 atom stereocenters. The highest BCUT2D eigenvalue weighted by Crippen LogP contribution is 2.44. The summed E-state index contributed by atoms with van der Waals surface area (Å²) < 4.78 is 33.1. The average Bonchev–Trinajstić information content (AvgIpc) is 2.86. The summed E-state index contributed by atoms with van der Waals surface area (Å²) in [6.07, 6.45) is -2.89. The summed E-state index contributed by atoms with van der Waals surface area (Å²) in [5, 5.41) is 0. The van der Waals surface area contributed by atoms with E-state index in [1.807, 2.05) is 0 Å². The number of fused-ring (bicyclic) bond motifs is 1. The second kappa shape index (κ2) is 4.90. The summed E-state index contributed by atoms with van der Waals surface area (Å²) in [7, 11) is 1.41. The number of nitrogens with zero attached hydrogens (tertiary/aromatic N) is 2. The molecule has 1 aromatic carbocycles. The number of halogens is 2. The number of nitrogens with two attached hydrogens (primary N) is 1. The number of hydrogen-bond acceptors (Lipinski definition) is 4. The molecule has 23 heavy (non-hydrogen) atoms. The van der Waals surface area contributed by atoms with E-state index in [-0.39, 0.29) is 23.5 Å². The van der Waals surface area contributed by atoms with Crippen LogP contribution in [0.2, 0.25) is 0 Å². The van der Waals surface area contributed by atoms with Crippen LogP contribution in [0.5, 0.6) is 0 Å². The number of ether oxygens (including phenoxy) is 1. The molecule has 9 heteroatoms. The number of amides is 3. The Labute approximate surface area is 129 Å². The van der Waals surface area contributed by atoms with Crippen molar-refractivity contribution < 1.29 is 27.9 Å². The zero-order chi connectivity index (χ0) is 16.9. The highest BCUT2D eigenvalue weighted by molar-refractivity contribution is 5.99. The summed E-state index contributed by atoms with van der Waals surface area (Å²) in [5.41, 5.74) is 4.96. The summed E-state index contributed by atoms with van der Waals surface area (Å²) in [4.78, 5) is 36.7. The van der Waals surface area contributed by atoms with Crippen LogP contribution in [-0.4, -0.2) is 37.6 Å². The van der Waals surface area contributed by atoms with E-state index in [1.165, 1.54) is 19.2 Å². The smallest absolute Gasteiger partial charge is 0.415 e. The fraction of sp³-hybridized carbons (Fsp3) is 0.357. The van der Waals surface area contributed by atoms with E-state index in [4.69, 9.17) is 10.5 Å². The number of alkyl halides is 2. The Morgan fingerprint density at radius 3 is 2.70 bits per heavy atom. The van der Waals surface area contributed by atoms with E-state index in [0.29, 0.717) is 0 Å². The third-order valence-corrected chi connectivity index (χ3v) is 3.92. The third kappa shape index (κ3) is 2.37. The first-order valence-corrected chi connectivity index (χ1v) is 6.77. The van der Waals surface area contributed by atoms with Crippen LogP contribution >= 0.6 is 0 Å². The van der Waals surface area contributed by atoms with Gasteiger partial charge in [0, 0.05) is 18.3 Å². The summed E-state index contributed by atoms with van der Waals surface area (Å²) in [6, 6.07) is 3.87. The molecule has 7 nitrogen and oxygen atoms in total. The Morgan fingerprint density at radius 1 is 1.39 bits per heavy atom. The van der Waals surface area contributed by atoms with E-state index >= 15 is 0 Å². The summed E-state index contributed by atoms with van der Waals surface area (Å²) in [6.45, 7) is -0.146. The van der Waals surface area contributed by atoms with Crippen LogP contribution in [0.15, 0.2) is 18.2 Å². The van der Waals surface area contributed by atoms with E-state index in [2.05, 4.69) is 0 Å². The van der Waals surface area contributed by atoms with Gasteiger partial charge in [-0.1, -0.05) is 0 Å². The normalized spacial score (nSPS) is 22.8. The van der Waals surface area contributed by atoms with Gasteiger partial charge in [0.15, 0.2) is 6.10 Å². The van der Waals surface area contributed by atoms with Crippen LogP contribution < -0.4 is 15.5 Å². The Morgan fingerprint density at radius 2 is 2.09 bits per heavy atom. The molecule has 2 heterocycles. The number of rotatable bonds is 2. The van der Waals surface area contributed by atoms with Crippen molar-refractivity contribution in [3.05, 3.63) is 23.8 Å². The number of carbonyl (C=O) groups is 3. The van der Waals surface area contributed by atoms with Gasteiger partial charge in [-0.15, -0.1) is 0 Å². The average molecular weight is 325 g/mol. The van der Waals surface area contributed by atoms with Crippen molar-refractivity contribution in [3.8, 4) is 0 Å². The first-order valence-electron chi connectivity index (χ1n) is 6.77. The lowest BCUT2D eigenvalue weighted by molar-refractivity contribution is -0.127. The molecule has 1 aromatic rings. The van der Waals surface area contributed by atoms with Crippen LogP contribution in [0, 0.1) is 0 Å². The molecular formula is C14H13F2N3O4. The lowest BCUT2D eigenvalue weighted by Crippen LogP contribution is -2.38. The maximum absolute atomic E-state index is 14.1. The molecule has 0 radical (unpaired) electrons. The predicted octanol–water partition coefficient (Wildman–Crippen LogP) is 0.955. The van der Waals surface area contributed by atoms with Gasteiger partial charge in [-0.2, -0.15) is 0 Å². The molecule has 1 saturated heterocycles. The Hall–Kier alpha value is -2.71. The van der Waals surface area contributed by atoms with Gasteiger partial charge < -0.3 is 15.4 Å². The maximum Gasteiger partial charge on any atom is 0.415 e. The van der Waals surface area contributed by atoms with Gasteiger partial charge in [-0.3, -0.25) is 14.5 Å². The minimum absolute atomic E-state index is 0.0778. The van der Waals surface area contributed by atoms with E-state index in [9.17, 15) is 23.2 Å². The zero-order valence-electron chi connectivity index (χ0n) is 12.1. The molecule has 2 aliphatic heterocycles. The van der Waals surface area contributed by atoms with E-state index < -0.39 is 36.4 Å². The van der Waals surface area contributed by atoms with Crippen molar-refractivity contribution in [1.29, 1.82) is 0 Å². The lowest BCUT2D eigenvalue weighted by Gasteiger charge is -2.32. The van der Waals surface area contributed by atoms with Crippen molar-refractivity contribution in [2.24, 2.45) is 5.73 Å². The highest BCUT2D eigenvalue weighted by Gasteiger charge is 2.44. The second-order valence-corrected chi connectivity index (χ2v) is 5.42. The highest BCUT2D eigenvalue weighted by atomic mass is 19.3. The zero-order valence-corrected chi connectivity index (χ0v) is 12.1. The minimum Gasteiger partial charge on any atom is -0.434 e. The van der Waals surface area contributed by atoms with E-state index in [0.717, 1.165) is 15.9 Å². The monoisotopic (exact) mass is 325 g/mol. The van der Waals surface area contributed by atoms with Gasteiger partial charge >= 0.3 is 6.09 Å². The molecular weight excluding hydrogens is 312 g/mol. The van der Waals surface area contributed by atoms with Crippen LogP contribution in [0.1, 0.15) is 12.0 Å². The number of anilines is 2. The number of cyclic esters (lactones) is 1. The van der Waals surface area contributed by atoms with Crippen molar-refractivity contribution in [3.63, 3.8) is 0 Å². The van der Waals surface area contributed by atoms with Crippen LogP contribution in [-0.2, 0) is 20.2 Å². The Bertz CT molecular complexity index is 722. The molecule has 0 bridgehead atoms. The van der Waals surface area contributed by atoms with Crippen LogP contribution in [0.3, 0.4) is 0 Å². The van der Waals surface area contributed by atoms with Gasteiger partial charge in [0.25, 0.3) is 11.8 Å². The number of benzene rings is 1. The lowest BCUT2D eigenvalue weighted by atomic mass is 9.96. The van der Waals surface area contributed by atoms with Crippen LogP contribution in [0.25, 0.3) is 0 Å². The standard InChI is InChI=1S/C14H13F2N3O4/c1-18-9-3-2-7(4-8(9)14(15,16)5-11(18)20)19-6-10(12(17)21)23-13(19)22/h2-4,10H,5-6H2,1H3,(H2,17,21)/t10-/m1/s1. The quantitative estimate of drug-likeness (QED) is 0.876. The third-order valence-electron chi connectivity index (χ3n) is 3.92. The van der Waals surface area contributed by atoms with Gasteiger partial charge in [-0.05, 0) is 18.2 Å². The SMILES string of the molecule is CN1C(=O)CC(F)(F)c2cc(N3C[C@H](C(N)=O)OC3=O)ccc21. The molecule has 2 N–H and O–H groups in total. The van der Waals surface area contributed by atoms with Crippen molar-refractivity contribution in [2.75, 3.05) is 23.4 Å².